The van der Waals surface area contributed by atoms with E-state index in [0.29, 0.717) is 23.4 Å². The Morgan fingerprint density at radius 1 is 1.33 bits per heavy atom. The van der Waals surface area contributed by atoms with E-state index in [1.807, 2.05) is 13.8 Å². The normalized spacial score (nSPS) is 11.2. The molecular formula is C14H19NO3. The van der Waals surface area contributed by atoms with Crippen LogP contribution in [0.15, 0.2) is 28.9 Å². The quantitative estimate of drug-likeness (QED) is 0.373. The van der Waals surface area contributed by atoms with Gasteiger partial charge >= 0.3 is 0 Å². The lowest BCUT2D eigenvalue weighted by Gasteiger charge is -2.11. The van der Waals surface area contributed by atoms with Crippen LogP contribution in [0.25, 0.3) is 0 Å². The summed E-state index contributed by atoms with van der Waals surface area (Å²) in [5.74, 6) is 0.669. The van der Waals surface area contributed by atoms with Gasteiger partial charge in [0.25, 0.3) is 0 Å². The van der Waals surface area contributed by atoms with Crippen LogP contribution >= 0.6 is 0 Å². The van der Waals surface area contributed by atoms with E-state index in [0.717, 1.165) is 5.56 Å². The Hall–Kier alpha value is -1.97. The lowest BCUT2D eigenvalue weighted by Crippen LogP contribution is -1.99. The number of rotatable bonds is 4. The van der Waals surface area contributed by atoms with Crippen molar-refractivity contribution in [3.63, 3.8) is 0 Å². The number of aromatic hydroxyl groups is 1. The molecule has 0 atom stereocenters. The van der Waals surface area contributed by atoms with Gasteiger partial charge in [0.15, 0.2) is 0 Å². The third-order valence-corrected chi connectivity index (χ3v) is 2.67. The fourth-order valence-corrected chi connectivity index (χ4v) is 1.62. The molecule has 0 amide bonds. The topological polar surface area (TPSA) is 62.0 Å². The van der Waals surface area contributed by atoms with E-state index in [1.54, 1.807) is 20.1 Å². The molecule has 0 aliphatic heterocycles. The SMILES string of the molecule is COc1cc(O)c(/C(C)=N/O)cc1CC=C(C)C. The summed E-state index contributed by atoms with van der Waals surface area (Å²) in [6.45, 7) is 5.68. The maximum atomic E-state index is 9.84. The van der Waals surface area contributed by atoms with Gasteiger partial charge in [0, 0.05) is 11.6 Å². The molecule has 0 spiro atoms. The van der Waals surface area contributed by atoms with Crippen molar-refractivity contribution in [1.29, 1.82) is 0 Å². The standard InChI is InChI=1S/C14H19NO3/c1-9(2)5-6-11-7-12(10(3)15-17)13(16)8-14(11)18-4/h5,7-8,16-17H,6H2,1-4H3/b15-10+. The molecule has 98 valence electrons. The summed E-state index contributed by atoms with van der Waals surface area (Å²) in [7, 11) is 1.56. The van der Waals surface area contributed by atoms with Gasteiger partial charge in [-0.05, 0) is 38.8 Å². The van der Waals surface area contributed by atoms with E-state index in [2.05, 4.69) is 11.2 Å². The number of nitrogens with zero attached hydrogens (tertiary/aromatic N) is 1. The molecule has 0 saturated heterocycles. The third kappa shape index (κ3) is 3.26. The lowest BCUT2D eigenvalue weighted by atomic mass is 10.0. The van der Waals surface area contributed by atoms with E-state index in [-0.39, 0.29) is 5.75 Å². The number of phenols is 1. The first-order valence-electron chi connectivity index (χ1n) is 5.71. The summed E-state index contributed by atoms with van der Waals surface area (Å²) < 4.78 is 5.24. The predicted molar refractivity (Wildman–Crippen MR) is 71.8 cm³/mol. The second-order valence-corrected chi connectivity index (χ2v) is 4.35. The Kier molecular flexibility index (Phi) is 4.77. The van der Waals surface area contributed by atoms with Gasteiger partial charge in [-0.2, -0.15) is 0 Å². The summed E-state index contributed by atoms with van der Waals surface area (Å²) in [6, 6.07) is 3.32. The molecule has 0 heterocycles. The molecule has 1 rings (SSSR count). The summed E-state index contributed by atoms with van der Waals surface area (Å²) in [5, 5.41) is 21.7. The zero-order chi connectivity index (χ0) is 13.7. The summed E-state index contributed by atoms with van der Waals surface area (Å²) in [6.07, 6.45) is 2.78. The van der Waals surface area contributed by atoms with Crippen LogP contribution in [0.4, 0.5) is 0 Å². The number of oxime groups is 1. The molecule has 0 aliphatic carbocycles. The van der Waals surface area contributed by atoms with Crippen molar-refractivity contribution in [2.45, 2.75) is 27.2 Å². The van der Waals surface area contributed by atoms with Gasteiger partial charge in [0.05, 0.1) is 12.8 Å². The maximum Gasteiger partial charge on any atom is 0.128 e. The Labute approximate surface area is 107 Å². The van der Waals surface area contributed by atoms with Crippen molar-refractivity contribution >= 4 is 5.71 Å². The monoisotopic (exact) mass is 249 g/mol. The Bertz CT molecular complexity index is 486. The van der Waals surface area contributed by atoms with Crippen LogP contribution in [0, 0.1) is 0 Å². The highest BCUT2D eigenvalue weighted by Crippen LogP contribution is 2.29. The maximum absolute atomic E-state index is 9.84. The van der Waals surface area contributed by atoms with Crippen molar-refractivity contribution in [3.05, 3.63) is 34.9 Å². The van der Waals surface area contributed by atoms with Crippen molar-refractivity contribution in [2.24, 2.45) is 5.16 Å². The molecule has 2 N–H and O–H groups in total. The largest absolute Gasteiger partial charge is 0.507 e. The van der Waals surface area contributed by atoms with Crippen LogP contribution in [-0.4, -0.2) is 23.1 Å². The number of allylic oxidation sites excluding steroid dienone is 2. The van der Waals surface area contributed by atoms with Crippen molar-refractivity contribution in [3.8, 4) is 11.5 Å². The smallest absolute Gasteiger partial charge is 0.128 e. The highest BCUT2D eigenvalue weighted by molar-refractivity contribution is 6.01. The molecule has 0 fully saturated rings. The molecule has 0 radical (unpaired) electrons. The van der Waals surface area contributed by atoms with Crippen molar-refractivity contribution in [1.82, 2.24) is 0 Å². The first-order valence-corrected chi connectivity index (χ1v) is 5.71. The fourth-order valence-electron chi connectivity index (χ4n) is 1.62. The molecule has 18 heavy (non-hydrogen) atoms. The van der Waals surface area contributed by atoms with Crippen LogP contribution < -0.4 is 4.74 Å². The minimum atomic E-state index is 0.0445. The van der Waals surface area contributed by atoms with E-state index < -0.39 is 0 Å². The molecular weight excluding hydrogens is 230 g/mol. The Balaban J connectivity index is 3.26. The molecule has 0 aromatic heterocycles. The van der Waals surface area contributed by atoms with Crippen LogP contribution in [0.3, 0.4) is 0 Å². The minimum Gasteiger partial charge on any atom is -0.507 e. The lowest BCUT2D eigenvalue weighted by molar-refractivity contribution is 0.318. The number of methoxy groups -OCH3 is 1. The van der Waals surface area contributed by atoms with Gasteiger partial charge in [-0.3, -0.25) is 0 Å². The number of benzene rings is 1. The van der Waals surface area contributed by atoms with Gasteiger partial charge in [0.2, 0.25) is 0 Å². The van der Waals surface area contributed by atoms with Crippen LogP contribution in [0.1, 0.15) is 31.9 Å². The average molecular weight is 249 g/mol. The molecule has 4 nitrogen and oxygen atoms in total. The molecule has 0 saturated carbocycles. The summed E-state index contributed by atoms with van der Waals surface area (Å²) >= 11 is 0. The zero-order valence-corrected chi connectivity index (χ0v) is 11.2. The fraction of sp³-hybridized carbons (Fsp3) is 0.357. The van der Waals surface area contributed by atoms with Gasteiger partial charge in [-0.15, -0.1) is 0 Å². The van der Waals surface area contributed by atoms with Gasteiger partial charge in [-0.1, -0.05) is 16.8 Å². The van der Waals surface area contributed by atoms with E-state index in [1.165, 1.54) is 11.6 Å². The molecule has 4 heteroatoms. The van der Waals surface area contributed by atoms with Crippen molar-refractivity contribution in [2.75, 3.05) is 7.11 Å². The summed E-state index contributed by atoms with van der Waals surface area (Å²) in [5.41, 5.74) is 3.03. The number of ether oxygens (including phenoxy) is 1. The first kappa shape index (κ1) is 14.1. The predicted octanol–water partition coefficient (Wildman–Crippen LogP) is 3.11. The third-order valence-electron chi connectivity index (χ3n) is 2.67. The van der Waals surface area contributed by atoms with Gasteiger partial charge in [0.1, 0.15) is 11.5 Å². The van der Waals surface area contributed by atoms with Gasteiger partial charge < -0.3 is 15.1 Å². The number of phenolic OH excluding ortho intramolecular Hbond substituents is 1. The Morgan fingerprint density at radius 2 is 2.00 bits per heavy atom. The van der Waals surface area contributed by atoms with Gasteiger partial charge in [-0.25, -0.2) is 0 Å². The van der Waals surface area contributed by atoms with E-state index in [4.69, 9.17) is 9.94 Å². The molecule has 0 bridgehead atoms. The summed E-state index contributed by atoms with van der Waals surface area (Å²) in [4.78, 5) is 0. The second kappa shape index (κ2) is 6.10. The highest BCUT2D eigenvalue weighted by Gasteiger charge is 2.11. The second-order valence-electron chi connectivity index (χ2n) is 4.35. The highest BCUT2D eigenvalue weighted by atomic mass is 16.5. The average Bonchev–Trinajstić information content (AvgIpc) is 2.35. The van der Waals surface area contributed by atoms with Crippen LogP contribution in [0.2, 0.25) is 0 Å². The number of hydrogen-bond acceptors (Lipinski definition) is 4. The number of hydrogen-bond donors (Lipinski definition) is 2. The van der Waals surface area contributed by atoms with Crippen LogP contribution in [0.5, 0.6) is 11.5 Å². The minimum absolute atomic E-state index is 0.0445. The molecule has 1 aromatic carbocycles. The molecule has 0 unspecified atom stereocenters. The Morgan fingerprint density at radius 3 is 2.50 bits per heavy atom. The van der Waals surface area contributed by atoms with E-state index in [9.17, 15) is 5.11 Å². The molecule has 1 aromatic rings. The first-order chi connectivity index (χ1) is 8.49. The van der Waals surface area contributed by atoms with Crippen LogP contribution in [-0.2, 0) is 6.42 Å². The molecule has 0 aliphatic rings. The van der Waals surface area contributed by atoms with Crippen molar-refractivity contribution < 1.29 is 15.1 Å². The zero-order valence-electron chi connectivity index (χ0n) is 11.2. The van der Waals surface area contributed by atoms with E-state index >= 15 is 0 Å².